The number of aromatic nitrogens is 1. The molecule has 2 heterocycles. The van der Waals surface area contributed by atoms with Crippen LogP contribution in [0.2, 0.25) is 0 Å². The number of aliphatic hydroxyl groups is 1. The van der Waals surface area contributed by atoms with Crippen molar-refractivity contribution in [2.24, 2.45) is 10.4 Å². The van der Waals surface area contributed by atoms with Crippen molar-refractivity contribution in [2.45, 2.75) is 64.8 Å². The monoisotopic (exact) mass is 515 g/mol. The maximum Gasteiger partial charge on any atom is 0.191 e. The van der Waals surface area contributed by atoms with E-state index in [4.69, 9.17) is 4.99 Å². The fourth-order valence-electron chi connectivity index (χ4n) is 4.52. The molecule has 1 saturated heterocycles. The van der Waals surface area contributed by atoms with Gasteiger partial charge in [-0.25, -0.2) is 9.98 Å². The summed E-state index contributed by atoms with van der Waals surface area (Å²) in [6.07, 6.45) is 11.6. The molecule has 0 radical (unpaired) electrons. The number of aliphatic hydroxyl groups excluding tert-OH is 1. The first-order valence-corrected chi connectivity index (χ1v) is 11.1. The number of aliphatic imine (C=N–C) groups is 1. The van der Waals surface area contributed by atoms with Crippen molar-refractivity contribution in [3.8, 4) is 0 Å². The third-order valence-corrected chi connectivity index (χ3v) is 6.19. The van der Waals surface area contributed by atoms with Gasteiger partial charge < -0.3 is 20.6 Å². The Morgan fingerprint density at radius 1 is 1.17 bits per heavy atom. The van der Waals surface area contributed by atoms with Crippen molar-refractivity contribution in [1.29, 1.82) is 0 Å². The molecular weight excluding hydrogens is 477 g/mol. The van der Waals surface area contributed by atoms with E-state index >= 15 is 0 Å². The Kier molecular flexibility index (Phi) is 10.5. The average Bonchev–Trinajstić information content (AvgIpc) is 3.26. The lowest BCUT2D eigenvalue weighted by Gasteiger charge is -2.37. The zero-order chi connectivity index (χ0) is 19.7. The van der Waals surface area contributed by atoms with Crippen LogP contribution in [0.25, 0.3) is 0 Å². The second kappa shape index (κ2) is 12.6. The Morgan fingerprint density at radius 3 is 2.62 bits per heavy atom. The van der Waals surface area contributed by atoms with E-state index < -0.39 is 0 Å². The van der Waals surface area contributed by atoms with Crippen LogP contribution in [-0.4, -0.2) is 48.8 Å². The normalized spacial score (nSPS) is 19.0. The third-order valence-electron chi connectivity index (χ3n) is 6.19. The van der Waals surface area contributed by atoms with Crippen LogP contribution in [0.15, 0.2) is 23.3 Å². The minimum Gasteiger partial charge on any atom is -0.396 e. The Hall–Kier alpha value is -1.09. The van der Waals surface area contributed by atoms with Gasteiger partial charge in [0.15, 0.2) is 5.96 Å². The summed E-state index contributed by atoms with van der Waals surface area (Å²) >= 11 is 0. The van der Waals surface area contributed by atoms with E-state index in [2.05, 4.69) is 39.6 Å². The Labute approximate surface area is 193 Å². The summed E-state index contributed by atoms with van der Waals surface area (Å²) in [5.41, 5.74) is 1.40. The standard InChI is InChI=1S/C22H37N5O.HI/c1-2-23-21(26-18-22(11-15-28)9-4-3-5-10-22)25-17-19-8-12-24-20(16-19)27-13-6-7-14-27;/h8,12,16,28H,2-7,9-11,13-15,17-18H2,1H3,(H2,23,25,26);1H. The van der Waals surface area contributed by atoms with E-state index in [1.807, 2.05) is 6.20 Å². The third kappa shape index (κ3) is 7.27. The maximum atomic E-state index is 9.54. The quantitative estimate of drug-likeness (QED) is 0.280. The van der Waals surface area contributed by atoms with E-state index in [0.717, 1.165) is 44.4 Å². The van der Waals surface area contributed by atoms with Crippen LogP contribution in [-0.2, 0) is 6.54 Å². The minimum absolute atomic E-state index is 0. The summed E-state index contributed by atoms with van der Waals surface area (Å²) < 4.78 is 0. The molecule has 0 aromatic carbocycles. The molecular formula is C22H38IN5O. The summed E-state index contributed by atoms with van der Waals surface area (Å²) in [4.78, 5) is 11.7. The summed E-state index contributed by atoms with van der Waals surface area (Å²) in [6, 6.07) is 4.23. The van der Waals surface area contributed by atoms with Crippen LogP contribution in [0.4, 0.5) is 5.82 Å². The van der Waals surface area contributed by atoms with Crippen molar-refractivity contribution in [2.75, 3.05) is 37.7 Å². The highest BCUT2D eigenvalue weighted by Gasteiger charge is 2.31. The van der Waals surface area contributed by atoms with Crippen LogP contribution in [0.1, 0.15) is 63.9 Å². The molecule has 0 atom stereocenters. The van der Waals surface area contributed by atoms with Crippen LogP contribution in [0, 0.1) is 5.41 Å². The molecule has 0 spiro atoms. The maximum absolute atomic E-state index is 9.54. The van der Waals surface area contributed by atoms with Gasteiger partial charge in [0.05, 0.1) is 6.54 Å². The molecule has 7 heteroatoms. The van der Waals surface area contributed by atoms with Gasteiger partial charge in [-0.15, -0.1) is 24.0 Å². The number of hydrogen-bond acceptors (Lipinski definition) is 4. The van der Waals surface area contributed by atoms with Crippen LogP contribution in [0.3, 0.4) is 0 Å². The van der Waals surface area contributed by atoms with E-state index in [1.54, 1.807) is 0 Å². The van der Waals surface area contributed by atoms with Gasteiger partial charge in [-0.05, 0) is 62.1 Å². The summed E-state index contributed by atoms with van der Waals surface area (Å²) in [5, 5.41) is 16.5. The lowest BCUT2D eigenvalue weighted by molar-refractivity contribution is 0.131. The van der Waals surface area contributed by atoms with Crippen molar-refractivity contribution in [3.63, 3.8) is 0 Å². The van der Waals surface area contributed by atoms with Crippen molar-refractivity contribution in [3.05, 3.63) is 23.9 Å². The smallest absolute Gasteiger partial charge is 0.191 e. The Balaban J connectivity index is 0.00000300. The van der Waals surface area contributed by atoms with Crippen LogP contribution in [0.5, 0.6) is 0 Å². The second-order valence-corrected chi connectivity index (χ2v) is 8.30. The summed E-state index contributed by atoms with van der Waals surface area (Å²) in [6.45, 7) is 6.95. The SMILES string of the molecule is CCNC(=NCc1ccnc(N2CCCC2)c1)NCC1(CCO)CCCCC1.I. The Morgan fingerprint density at radius 2 is 1.93 bits per heavy atom. The molecule has 3 rings (SSSR count). The van der Waals surface area contributed by atoms with E-state index in [-0.39, 0.29) is 36.0 Å². The van der Waals surface area contributed by atoms with E-state index in [9.17, 15) is 5.11 Å². The first kappa shape index (κ1) is 24.2. The van der Waals surface area contributed by atoms with Gasteiger partial charge in [-0.3, -0.25) is 0 Å². The second-order valence-electron chi connectivity index (χ2n) is 8.30. The number of guanidine groups is 1. The molecule has 3 N–H and O–H groups in total. The zero-order valence-corrected chi connectivity index (χ0v) is 20.2. The molecule has 1 saturated carbocycles. The van der Waals surface area contributed by atoms with Crippen molar-refractivity contribution in [1.82, 2.24) is 15.6 Å². The highest BCUT2D eigenvalue weighted by atomic mass is 127. The van der Waals surface area contributed by atoms with Gasteiger partial charge >= 0.3 is 0 Å². The van der Waals surface area contributed by atoms with Crippen molar-refractivity contribution >= 4 is 35.8 Å². The average molecular weight is 515 g/mol. The lowest BCUT2D eigenvalue weighted by atomic mass is 9.72. The molecule has 1 aromatic rings. The predicted octanol–water partition coefficient (Wildman–Crippen LogP) is 3.69. The lowest BCUT2D eigenvalue weighted by Crippen LogP contribution is -2.44. The van der Waals surface area contributed by atoms with Crippen LogP contribution >= 0.6 is 24.0 Å². The molecule has 1 aromatic heterocycles. The van der Waals surface area contributed by atoms with Gasteiger partial charge in [0.2, 0.25) is 0 Å². The fourth-order valence-corrected chi connectivity index (χ4v) is 4.52. The first-order chi connectivity index (χ1) is 13.7. The molecule has 164 valence electrons. The van der Waals surface area contributed by atoms with Gasteiger partial charge in [0.25, 0.3) is 0 Å². The highest BCUT2D eigenvalue weighted by molar-refractivity contribution is 14.0. The van der Waals surface area contributed by atoms with Gasteiger partial charge in [0, 0.05) is 39.0 Å². The molecule has 1 aliphatic carbocycles. The minimum atomic E-state index is 0. The number of hydrogen-bond donors (Lipinski definition) is 3. The largest absolute Gasteiger partial charge is 0.396 e. The van der Waals surface area contributed by atoms with Crippen LogP contribution < -0.4 is 15.5 Å². The fraction of sp³-hybridized carbons (Fsp3) is 0.727. The van der Waals surface area contributed by atoms with E-state index in [1.165, 1.54) is 50.5 Å². The highest BCUT2D eigenvalue weighted by Crippen LogP contribution is 2.38. The number of pyridine rings is 1. The molecule has 6 nitrogen and oxygen atoms in total. The molecule has 0 amide bonds. The van der Waals surface area contributed by atoms with Crippen molar-refractivity contribution < 1.29 is 5.11 Å². The Bertz CT molecular complexity index is 622. The molecule has 2 aliphatic rings. The first-order valence-electron chi connectivity index (χ1n) is 11.1. The summed E-state index contributed by atoms with van der Waals surface area (Å²) in [5.74, 6) is 1.94. The van der Waals surface area contributed by atoms with Gasteiger partial charge in [0.1, 0.15) is 5.82 Å². The van der Waals surface area contributed by atoms with Gasteiger partial charge in [-0.1, -0.05) is 19.3 Å². The predicted molar refractivity (Wildman–Crippen MR) is 131 cm³/mol. The molecule has 0 bridgehead atoms. The van der Waals surface area contributed by atoms with E-state index in [0.29, 0.717) is 6.54 Å². The molecule has 29 heavy (non-hydrogen) atoms. The summed E-state index contributed by atoms with van der Waals surface area (Å²) in [7, 11) is 0. The molecule has 1 aliphatic heterocycles. The number of rotatable bonds is 8. The molecule has 2 fully saturated rings. The number of anilines is 1. The zero-order valence-electron chi connectivity index (χ0n) is 17.8. The topological polar surface area (TPSA) is 72.8 Å². The number of nitrogens with one attached hydrogen (secondary N) is 2. The molecule has 0 unspecified atom stereocenters. The number of halogens is 1. The van der Waals surface area contributed by atoms with Gasteiger partial charge in [-0.2, -0.15) is 0 Å². The number of nitrogens with zero attached hydrogens (tertiary/aromatic N) is 3.